The van der Waals surface area contributed by atoms with Crippen LogP contribution >= 0.6 is 0 Å². The molecule has 2 aliphatic rings. The zero-order valence-electron chi connectivity index (χ0n) is 13.2. The van der Waals surface area contributed by atoms with E-state index in [1.165, 1.54) is 4.90 Å². The lowest BCUT2D eigenvalue weighted by Crippen LogP contribution is -2.44. The van der Waals surface area contributed by atoms with Gasteiger partial charge in [0.25, 0.3) is 0 Å². The van der Waals surface area contributed by atoms with Crippen molar-refractivity contribution in [1.82, 2.24) is 9.80 Å². The minimum Gasteiger partial charge on any atom is -0.481 e. The SMILES string of the molecule is CN(C(=O)CN1C[C@@H](C(F)(F)F)[C@H](C(=O)O)C1)C1CCCCC1. The van der Waals surface area contributed by atoms with E-state index in [0.29, 0.717) is 0 Å². The van der Waals surface area contributed by atoms with Gasteiger partial charge in [0, 0.05) is 26.2 Å². The molecular weight excluding hydrogens is 313 g/mol. The lowest BCUT2D eigenvalue weighted by atomic mass is 9.94. The number of hydrogen-bond donors (Lipinski definition) is 1. The highest BCUT2D eigenvalue weighted by Gasteiger charge is 2.52. The van der Waals surface area contributed by atoms with Gasteiger partial charge in [-0.3, -0.25) is 14.5 Å². The molecule has 0 radical (unpaired) electrons. The van der Waals surface area contributed by atoms with E-state index in [1.54, 1.807) is 11.9 Å². The predicted molar refractivity (Wildman–Crippen MR) is 76.8 cm³/mol. The van der Waals surface area contributed by atoms with Crippen molar-refractivity contribution in [3.8, 4) is 0 Å². The third kappa shape index (κ3) is 4.37. The molecule has 2 atom stereocenters. The Balaban J connectivity index is 1.94. The number of rotatable bonds is 4. The van der Waals surface area contributed by atoms with Gasteiger partial charge in [0.15, 0.2) is 0 Å². The van der Waals surface area contributed by atoms with Gasteiger partial charge in [0.05, 0.1) is 18.4 Å². The standard InChI is InChI=1S/C15H23F3N2O3/c1-19(10-5-3-2-4-6-10)13(21)9-20-7-11(14(22)23)12(8-20)15(16,17)18/h10-12H,2-9H2,1H3,(H,22,23)/t11-,12-/m1/s1. The lowest BCUT2D eigenvalue weighted by molar-refractivity contribution is -0.188. The van der Waals surface area contributed by atoms with Crippen LogP contribution in [0.15, 0.2) is 0 Å². The van der Waals surface area contributed by atoms with Crippen LogP contribution in [0.2, 0.25) is 0 Å². The van der Waals surface area contributed by atoms with Gasteiger partial charge in [-0.05, 0) is 12.8 Å². The van der Waals surface area contributed by atoms with Crippen molar-refractivity contribution >= 4 is 11.9 Å². The lowest BCUT2D eigenvalue weighted by Gasteiger charge is -2.32. The first kappa shape index (κ1) is 18.0. The van der Waals surface area contributed by atoms with Crippen molar-refractivity contribution < 1.29 is 27.9 Å². The van der Waals surface area contributed by atoms with Crippen LogP contribution in [0, 0.1) is 11.8 Å². The van der Waals surface area contributed by atoms with Crippen molar-refractivity contribution in [3.63, 3.8) is 0 Å². The number of carbonyl (C=O) groups is 2. The molecule has 0 bridgehead atoms. The van der Waals surface area contributed by atoms with Crippen LogP contribution in [-0.4, -0.2) is 65.7 Å². The molecule has 1 saturated carbocycles. The molecule has 0 aromatic rings. The quantitative estimate of drug-likeness (QED) is 0.853. The third-order valence-corrected chi connectivity index (χ3v) is 5.01. The minimum atomic E-state index is -4.56. The Hall–Kier alpha value is -1.31. The Kier molecular flexibility index (Phi) is 5.54. The minimum absolute atomic E-state index is 0.146. The molecule has 1 aliphatic heterocycles. The first-order chi connectivity index (χ1) is 10.7. The van der Waals surface area contributed by atoms with Gasteiger partial charge >= 0.3 is 12.1 Å². The predicted octanol–water partition coefficient (Wildman–Crippen LogP) is 1.97. The summed E-state index contributed by atoms with van der Waals surface area (Å²) in [6.45, 7) is -0.808. The second kappa shape index (κ2) is 7.07. The van der Waals surface area contributed by atoms with E-state index in [1.807, 2.05) is 0 Å². The van der Waals surface area contributed by atoms with E-state index in [-0.39, 0.29) is 25.0 Å². The van der Waals surface area contributed by atoms with Crippen LogP contribution in [0.5, 0.6) is 0 Å². The van der Waals surface area contributed by atoms with E-state index in [9.17, 15) is 22.8 Å². The van der Waals surface area contributed by atoms with E-state index < -0.39 is 30.5 Å². The van der Waals surface area contributed by atoms with E-state index in [4.69, 9.17) is 5.11 Å². The topological polar surface area (TPSA) is 60.9 Å². The average molecular weight is 336 g/mol. The van der Waals surface area contributed by atoms with Crippen LogP contribution in [0.1, 0.15) is 32.1 Å². The molecule has 5 nitrogen and oxygen atoms in total. The van der Waals surface area contributed by atoms with Crippen LogP contribution in [-0.2, 0) is 9.59 Å². The summed E-state index contributed by atoms with van der Waals surface area (Å²) in [5.74, 6) is -5.10. The molecule has 132 valence electrons. The number of likely N-dealkylation sites (tertiary alicyclic amines) is 1. The average Bonchev–Trinajstić information content (AvgIpc) is 2.91. The summed E-state index contributed by atoms with van der Waals surface area (Å²) in [6, 6.07) is 0.146. The van der Waals surface area contributed by atoms with E-state index in [0.717, 1.165) is 32.1 Å². The third-order valence-electron chi connectivity index (χ3n) is 5.01. The number of carboxylic acid groups (broad SMARTS) is 1. The van der Waals surface area contributed by atoms with Crippen LogP contribution < -0.4 is 0 Å². The second-order valence-corrected chi connectivity index (χ2v) is 6.58. The molecule has 0 spiro atoms. The summed E-state index contributed by atoms with van der Waals surface area (Å²) >= 11 is 0. The largest absolute Gasteiger partial charge is 0.481 e. The Morgan fingerprint density at radius 2 is 1.78 bits per heavy atom. The van der Waals surface area contributed by atoms with Gasteiger partial charge < -0.3 is 10.0 Å². The molecule has 2 rings (SSSR count). The monoisotopic (exact) mass is 336 g/mol. The summed E-state index contributed by atoms with van der Waals surface area (Å²) in [5, 5.41) is 8.99. The van der Waals surface area contributed by atoms with Gasteiger partial charge in [-0.1, -0.05) is 19.3 Å². The molecule has 1 N–H and O–H groups in total. The van der Waals surface area contributed by atoms with E-state index >= 15 is 0 Å². The van der Waals surface area contributed by atoms with Crippen LogP contribution in [0.4, 0.5) is 13.2 Å². The normalized spacial score (nSPS) is 27.1. The molecule has 8 heteroatoms. The number of hydrogen-bond acceptors (Lipinski definition) is 3. The van der Waals surface area contributed by atoms with Gasteiger partial charge in [0.2, 0.25) is 5.91 Å². The molecule has 1 aliphatic carbocycles. The van der Waals surface area contributed by atoms with Crippen molar-refractivity contribution in [2.45, 2.75) is 44.3 Å². The van der Waals surface area contributed by atoms with Crippen LogP contribution in [0.25, 0.3) is 0 Å². The molecule has 0 aromatic carbocycles. The summed E-state index contributed by atoms with van der Waals surface area (Å²) in [5.41, 5.74) is 0. The highest BCUT2D eigenvalue weighted by atomic mass is 19.4. The zero-order valence-corrected chi connectivity index (χ0v) is 13.2. The molecule has 0 unspecified atom stereocenters. The molecule has 1 heterocycles. The Morgan fingerprint density at radius 3 is 2.26 bits per heavy atom. The summed E-state index contributed by atoms with van der Waals surface area (Å²) in [7, 11) is 1.68. The fourth-order valence-corrected chi connectivity index (χ4v) is 3.57. The van der Waals surface area contributed by atoms with Crippen LogP contribution in [0.3, 0.4) is 0 Å². The fourth-order valence-electron chi connectivity index (χ4n) is 3.57. The Labute approximate surface area is 133 Å². The molecule has 1 amide bonds. The maximum absolute atomic E-state index is 12.9. The molecule has 1 saturated heterocycles. The van der Waals surface area contributed by atoms with Crippen molar-refractivity contribution in [3.05, 3.63) is 0 Å². The first-order valence-corrected chi connectivity index (χ1v) is 7.97. The van der Waals surface area contributed by atoms with Crippen molar-refractivity contribution in [2.24, 2.45) is 11.8 Å². The number of likely N-dealkylation sites (N-methyl/N-ethyl adjacent to an activating group) is 1. The maximum Gasteiger partial charge on any atom is 0.393 e. The highest BCUT2D eigenvalue weighted by Crippen LogP contribution is 2.37. The maximum atomic E-state index is 12.9. The molecule has 2 fully saturated rings. The molecule has 23 heavy (non-hydrogen) atoms. The second-order valence-electron chi connectivity index (χ2n) is 6.58. The molecule has 0 aromatic heterocycles. The summed E-state index contributed by atoms with van der Waals surface area (Å²) < 4.78 is 38.8. The summed E-state index contributed by atoms with van der Waals surface area (Å²) in [6.07, 6.45) is 0.553. The number of amides is 1. The highest BCUT2D eigenvalue weighted by molar-refractivity contribution is 5.78. The first-order valence-electron chi connectivity index (χ1n) is 7.97. The van der Waals surface area contributed by atoms with Gasteiger partial charge in [-0.25, -0.2) is 0 Å². The summed E-state index contributed by atoms with van der Waals surface area (Å²) in [4.78, 5) is 26.3. The van der Waals surface area contributed by atoms with Gasteiger partial charge in [-0.2, -0.15) is 13.2 Å². The van der Waals surface area contributed by atoms with Gasteiger partial charge in [0.1, 0.15) is 0 Å². The smallest absolute Gasteiger partial charge is 0.393 e. The Bertz CT molecular complexity index is 450. The number of alkyl halides is 3. The van der Waals surface area contributed by atoms with Crippen molar-refractivity contribution in [1.29, 1.82) is 0 Å². The molecular formula is C15H23F3N2O3. The number of aliphatic carboxylic acids is 1. The number of carboxylic acids is 1. The van der Waals surface area contributed by atoms with E-state index in [2.05, 4.69) is 0 Å². The Morgan fingerprint density at radius 1 is 1.17 bits per heavy atom. The zero-order chi connectivity index (χ0) is 17.2. The number of nitrogens with zero attached hydrogens (tertiary/aromatic N) is 2. The fraction of sp³-hybridized carbons (Fsp3) is 0.867. The number of carbonyl (C=O) groups excluding carboxylic acids is 1. The van der Waals surface area contributed by atoms with Gasteiger partial charge in [-0.15, -0.1) is 0 Å². The number of halogens is 3. The van der Waals surface area contributed by atoms with Crippen molar-refractivity contribution in [2.75, 3.05) is 26.7 Å².